The van der Waals surface area contributed by atoms with Crippen LogP contribution in [-0.4, -0.2) is 30.3 Å². The predicted molar refractivity (Wildman–Crippen MR) is 71.2 cm³/mol. The van der Waals surface area contributed by atoms with Gasteiger partial charge in [0.15, 0.2) is 0 Å². The number of anilines is 1. The molecule has 18 heavy (non-hydrogen) atoms. The zero-order chi connectivity index (χ0) is 12.9. The topological polar surface area (TPSA) is 40.6 Å². The standard InChI is InChI=1S/C13H11BrN2O2/c1-15-12(17)10(14)11(13(15)18)16-7-6-8-4-2-3-5-9(8)16/h2-5H,6-7H2,1H3. The van der Waals surface area contributed by atoms with E-state index in [4.69, 9.17) is 0 Å². The van der Waals surface area contributed by atoms with Crippen LogP contribution in [-0.2, 0) is 16.0 Å². The summed E-state index contributed by atoms with van der Waals surface area (Å²) in [6.07, 6.45) is 0.894. The van der Waals surface area contributed by atoms with Gasteiger partial charge in [-0.1, -0.05) is 18.2 Å². The highest BCUT2D eigenvalue weighted by atomic mass is 79.9. The van der Waals surface area contributed by atoms with Crippen molar-refractivity contribution in [2.24, 2.45) is 0 Å². The van der Waals surface area contributed by atoms with Crippen LogP contribution in [0.2, 0.25) is 0 Å². The van der Waals surface area contributed by atoms with Gasteiger partial charge in [-0.25, -0.2) is 0 Å². The van der Waals surface area contributed by atoms with E-state index in [1.807, 2.05) is 23.1 Å². The molecule has 0 saturated heterocycles. The number of amides is 2. The second kappa shape index (κ2) is 3.95. The molecule has 92 valence electrons. The van der Waals surface area contributed by atoms with Crippen LogP contribution in [0.3, 0.4) is 0 Å². The molecular weight excluding hydrogens is 296 g/mol. The van der Waals surface area contributed by atoms with Crippen LogP contribution in [0.1, 0.15) is 5.56 Å². The number of hydrogen-bond acceptors (Lipinski definition) is 3. The van der Waals surface area contributed by atoms with E-state index in [9.17, 15) is 9.59 Å². The molecule has 0 fully saturated rings. The maximum absolute atomic E-state index is 12.1. The first-order valence-electron chi connectivity index (χ1n) is 5.69. The Morgan fingerprint density at radius 1 is 1.17 bits per heavy atom. The van der Waals surface area contributed by atoms with Gasteiger partial charge in [0.2, 0.25) is 0 Å². The summed E-state index contributed by atoms with van der Waals surface area (Å²) in [4.78, 5) is 26.9. The molecule has 0 atom stereocenters. The maximum atomic E-state index is 12.1. The van der Waals surface area contributed by atoms with Crippen molar-refractivity contribution in [1.82, 2.24) is 4.90 Å². The summed E-state index contributed by atoms with van der Waals surface area (Å²) in [7, 11) is 1.50. The summed E-state index contributed by atoms with van der Waals surface area (Å²) in [6, 6.07) is 7.95. The van der Waals surface area contributed by atoms with Crippen molar-refractivity contribution < 1.29 is 9.59 Å². The third-order valence-corrected chi connectivity index (χ3v) is 4.08. The number of imide groups is 1. The summed E-state index contributed by atoms with van der Waals surface area (Å²) >= 11 is 3.24. The zero-order valence-corrected chi connectivity index (χ0v) is 11.4. The second-order valence-electron chi connectivity index (χ2n) is 4.36. The van der Waals surface area contributed by atoms with Gasteiger partial charge in [0, 0.05) is 19.3 Å². The first-order valence-corrected chi connectivity index (χ1v) is 6.48. The molecule has 0 N–H and O–H groups in total. The molecule has 0 radical (unpaired) electrons. The summed E-state index contributed by atoms with van der Waals surface area (Å²) in [5.74, 6) is -0.525. The summed E-state index contributed by atoms with van der Waals surface area (Å²) in [5, 5.41) is 0. The van der Waals surface area contributed by atoms with E-state index in [1.54, 1.807) is 0 Å². The number of rotatable bonds is 1. The third kappa shape index (κ3) is 1.43. The van der Waals surface area contributed by atoms with Gasteiger partial charge in [-0.15, -0.1) is 0 Å². The van der Waals surface area contributed by atoms with Crippen LogP contribution in [0.5, 0.6) is 0 Å². The SMILES string of the molecule is CN1C(=O)C(Br)=C(N2CCc3ccccc32)C1=O. The van der Waals surface area contributed by atoms with E-state index in [0.717, 1.165) is 23.6 Å². The van der Waals surface area contributed by atoms with Crippen molar-refractivity contribution in [2.75, 3.05) is 18.5 Å². The molecule has 4 nitrogen and oxygen atoms in total. The lowest BCUT2D eigenvalue weighted by molar-refractivity contribution is -0.135. The number of likely N-dealkylation sites (N-methyl/N-ethyl adjacent to an activating group) is 1. The molecule has 1 aromatic rings. The van der Waals surface area contributed by atoms with Gasteiger partial charge in [-0.2, -0.15) is 0 Å². The predicted octanol–water partition coefficient (Wildman–Crippen LogP) is 1.65. The Balaban J connectivity index is 2.08. The minimum absolute atomic E-state index is 0.247. The Kier molecular flexibility index (Phi) is 2.52. The Morgan fingerprint density at radius 3 is 2.56 bits per heavy atom. The first-order chi connectivity index (χ1) is 8.61. The summed E-state index contributed by atoms with van der Waals surface area (Å²) in [6.45, 7) is 0.733. The molecule has 2 heterocycles. The molecule has 0 aromatic heterocycles. The van der Waals surface area contributed by atoms with Crippen LogP contribution in [0, 0.1) is 0 Å². The number of halogens is 1. The monoisotopic (exact) mass is 306 g/mol. The molecule has 5 heteroatoms. The minimum Gasteiger partial charge on any atom is -0.335 e. The highest BCUT2D eigenvalue weighted by Crippen LogP contribution is 2.36. The maximum Gasteiger partial charge on any atom is 0.278 e. The molecule has 0 spiro atoms. The fraction of sp³-hybridized carbons (Fsp3) is 0.231. The Hall–Kier alpha value is -1.62. The lowest BCUT2D eigenvalue weighted by atomic mass is 10.2. The minimum atomic E-state index is -0.278. The second-order valence-corrected chi connectivity index (χ2v) is 5.16. The Bertz CT molecular complexity index is 594. The van der Waals surface area contributed by atoms with Crippen molar-refractivity contribution in [3.8, 4) is 0 Å². The molecule has 0 bridgehead atoms. The third-order valence-electron chi connectivity index (χ3n) is 3.36. The largest absolute Gasteiger partial charge is 0.335 e. The van der Waals surface area contributed by atoms with Gasteiger partial charge in [0.25, 0.3) is 11.8 Å². The van der Waals surface area contributed by atoms with Gasteiger partial charge in [-0.05, 0) is 34.0 Å². The van der Waals surface area contributed by atoms with Gasteiger partial charge < -0.3 is 4.90 Å². The number of carbonyl (C=O) groups excluding carboxylic acids is 2. The molecule has 2 aliphatic heterocycles. The normalized spacial score (nSPS) is 19.0. The summed E-state index contributed by atoms with van der Waals surface area (Å²) < 4.78 is 0.353. The molecule has 0 unspecified atom stereocenters. The van der Waals surface area contributed by atoms with E-state index in [0.29, 0.717) is 10.2 Å². The average Bonchev–Trinajstić information content (AvgIpc) is 2.87. The van der Waals surface area contributed by atoms with Gasteiger partial charge in [-0.3, -0.25) is 14.5 Å². The quantitative estimate of drug-likeness (QED) is 0.741. The fourth-order valence-electron chi connectivity index (χ4n) is 2.40. The molecule has 1 aromatic carbocycles. The van der Waals surface area contributed by atoms with Crippen LogP contribution in [0.15, 0.2) is 34.4 Å². The van der Waals surface area contributed by atoms with E-state index >= 15 is 0 Å². The van der Waals surface area contributed by atoms with Gasteiger partial charge in [0.1, 0.15) is 10.2 Å². The first kappa shape index (κ1) is 11.5. The number of carbonyl (C=O) groups is 2. The molecule has 3 rings (SSSR count). The lowest BCUT2D eigenvalue weighted by Gasteiger charge is -2.20. The number of fused-ring (bicyclic) bond motifs is 1. The molecule has 0 aliphatic carbocycles. The molecular formula is C13H11BrN2O2. The lowest BCUT2D eigenvalue weighted by Crippen LogP contribution is -2.31. The van der Waals surface area contributed by atoms with E-state index in [2.05, 4.69) is 22.0 Å². The van der Waals surface area contributed by atoms with Gasteiger partial charge in [0.05, 0.1) is 0 Å². The Labute approximate surface area is 113 Å². The number of para-hydroxylation sites is 1. The summed E-state index contributed by atoms with van der Waals surface area (Å²) in [5.41, 5.74) is 2.67. The Morgan fingerprint density at radius 2 is 1.89 bits per heavy atom. The van der Waals surface area contributed by atoms with E-state index in [-0.39, 0.29) is 11.8 Å². The van der Waals surface area contributed by atoms with Crippen molar-refractivity contribution in [1.29, 1.82) is 0 Å². The van der Waals surface area contributed by atoms with E-state index < -0.39 is 0 Å². The van der Waals surface area contributed by atoms with E-state index in [1.165, 1.54) is 12.6 Å². The molecule has 0 saturated carbocycles. The number of hydrogen-bond donors (Lipinski definition) is 0. The van der Waals surface area contributed by atoms with Crippen molar-refractivity contribution in [3.05, 3.63) is 40.0 Å². The molecule has 2 amide bonds. The average molecular weight is 307 g/mol. The highest BCUT2D eigenvalue weighted by Gasteiger charge is 2.39. The van der Waals surface area contributed by atoms with Gasteiger partial charge >= 0.3 is 0 Å². The molecule has 2 aliphatic rings. The van der Waals surface area contributed by atoms with Crippen LogP contribution in [0.25, 0.3) is 0 Å². The van der Waals surface area contributed by atoms with Crippen LogP contribution >= 0.6 is 15.9 Å². The van der Waals surface area contributed by atoms with Crippen LogP contribution < -0.4 is 4.90 Å². The van der Waals surface area contributed by atoms with Crippen LogP contribution in [0.4, 0.5) is 5.69 Å². The van der Waals surface area contributed by atoms with Crippen molar-refractivity contribution >= 4 is 33.4 Å². The zero-order valence-electron chi connectivity index (χ0n) is 9.81. The highest BCUT2D eigenvalue weighted by molar-refractivity contribution is 9.12. The van der Waals surface area contributed by atoms with Crippen molar-refractivity contribution in [3.63, 3.8) is 0 Å². The van der Waals surface area contributed by atoms with Crippen molar-refractivity contribution in [2.45, 2.75) is 6.42 Å². The number of benzene rings is 1. The fourth-order valence-corrected chi connectivity index (χ4v) is 3.05. The smallest absolute Gasteiger partial charge is 0.278 e. The number of nitrogens with zero attached hydrogens (tertiary/aromatic N) is 2.